The number of hydrogen-bond acceptors (Lipinski definition) is 6. The summed E-state index contributed by atoms with van der Waals surface area (Å²) in [6.07, 6.45) is -0.893. The van der Waals surface area contributed by atoms with Crippen LogP contribution in [0.5, 0.6) is 0 Å². The minimum absolute atomic E-state index is 0. The molecule has 0 rings (SSSR count). The average molecular weight is 516 g/mol. The Balaban J connectivity index is -0.000000108. The van der Waals surface area contributed by atoms with E-state index in [4.69, 9.17) is 30.6 Å². The molecule has 0 aliphatic carbocycles. The first-order chi connectivity index (χ1) is 10.9. The van der Waals surface area contributed by atoms with Crippen LogP contribution >= 0.6 is 0 Å². The molecule has 0 saturated heterocycles. The molecule has 0 heterocycles. The van der Waals surface area contributed by atoms with Gasteiger partial charge in [-0.15, -0.1) is 0 Å². The second-order valence-corrected chi connectivity index (χ2v) is 3.77. The van der Waals surface area contributed by atoms with E-state index >= 15 is 0 Å². The Morgan fingerprint density at radius 2 is 0.741 bits per heavy atom. The third-order valence-electron chi connectivity index (χ3n) is 1.83. The van der Waals surface area contributed by atoms with E-state index in [-0.39, 0.29) is 51.2 Å². The molecule has 27 heavy (non-hydrogen) atoms. The zero-order valence-corrected chi connectivity index (χ0v) is 16.1. The monoisotopic (exact) mass is 516 g/mol. The van der Waals surface area contributed by atoms with Gasteiger partial charge in [0.15, 0.2) is 0 Å². The van der Waals surface area contributed by atoms with Crippen molar-refractivity contribution in [2.24, 2.45) is 0 Å². The smallest absolute Gasteiger partial charge is 0.332 e. The minimum Gasteiger partial charge on any atom is -0.481 e. The standard InChI is InChI=1S/2C6H6O6.3Fe/c2*7-4(8)1-3(6(11)12)2-5(9)10;;;/h2*1H,2H2,(H,7,8)(H,9,10)(H,11,12);;;. The number of aliphatic carboxylic acids is 6. The van der Waals surface area contributed by atoms with Crippen molar-refractivity contribution < 1.29 is 111 Å². The molecule has 0 aromatic heterocycles. The SMILES string of the molecule is O=C(O)C=C(CC(=O)O)C(=O)O.O=C(O)C=C(CC(=O)O)C(=O)O.[Fe].[Fe].[Fe]. The molecule has 0 saturated carbocycles. The van der Waals surface area contributed by atoms with Crippen LogP contribution in [0.4, 0.5) is 0 Å². The molecule has 15 heteroatoms. The molecule has 6 N–H and O–H groups in total. The maximum absolute atomic E-state index is 10.2. The van der Waals surface area contributed by atoms with E-state index in [0.717, 1.165) is 0 Å². The third kappa shape index (κ3) is 23.9. The molecule has 0 radical (unpaired) electrons. The summed E-state index contributed by atoms with van der Waals surface area (Å²) in [6.45, 7) is 0. The predicted octanol–water partition coefficient (Wildman–Crippen LogP) is -0.894. The van der Waals surface area contributed by atoms with Gasteiger partial charge in [0.25, 0.3) is 0 Å². The zero-order valence-electron chi connectivity index (χ0n) is 12.8. The van der Waals surface area contributed by atoms with Gasteiger partial charge in [-0.25, -0.2) is 19.2 Å². The van der Waals surface area contributed by atoms with Gasteiger partial charge in [0.2, 0.25) is 0 Å². The van der Waals surface area contributed by atoms with Crippen LogP contribution in [0.25, 0.3) is 0 Å². The minimum atomic E-state index is -1.54. The fourth-order valence-corrected chi connectivity index (χ4v) is 1.00. The second kappa shape index (κ2) is 18.6. The van der Waals surface area contributed by atoms with Crippen LogP contribution in [-0.4, -0.2) is 66.5 Å². The summed E-state index contributed by atoms with van der Waals surface area (Å²) < 4.78 is 0. The van der Waals surface area contributed by atoms with Gasteiger partial charge in [0, 0.05) is 63.4 Å². The van der Waals surface area contributed by atoms with Crippen LogP contribution in [0, 0.1) is 0 Å². The van der Waals surface area contributed by atoms with Crippen molar-refractivity contribution >= 4 is 35.8 Å². The van der Waals surface area contributed by atoms with Gasteiger partial charge in [-0.3, -0.25) is 9.59 Å². The van der Waals surface area contributed by atoms with Gasteiger partial charge in [0.1, 0.15) is 0 Å². The molecule has 0 aliphatic heterocycles. The van der Waals surface area contributed by atoms with Gasteiger partial charge < -0.3 is 30.6 Å². The van der Waals surface area contributed by atoms with Crippen LogP contribution in [-0.2, 0) is 80.0 Å². The molecular formula is C12H12Fe3O12. The fraction of sp³-hybridized carbons (Fsp3) is 0.167. The largest absolute Gasteiger partial charge is 0.481 e. The van der Waals surface area contributed by atoms with Crippen molar-refractivity contribution in [1.82, 2.24) is 0 Å². The Morgan fingerprint density at radius 3 is 0.852 bits per heavy atom. The van der Waals surface area contributed by atoms with Crippen molar-refractivity contribution in [2.75, 3.05) is 0 Å². The van der Waals surface area contributed by atoms with Crippen LogP contribution in [0.1, 0.15) is 12.8 Å². The molecule has 0 spiro atoms. The van der Waals surface area contributed by atoms with Crippen molar-refractivity contribution in [1.29, 1.82) is 0 Å². The molecule has 0 aliphatic rings. The predicted molar refractivity (Wildman–Crippen MR) is 71.2 cm³/mol. The van der Waals surface area contributed by atoms with Crippen molar-refractivity contribution in [3.05, 3.63) is 23.3 Å². The summed E-state index contributed by atoms with van der Waals surface area (Å²) >= 11 is 0. The molecule has 0 aromatic carbocycles. The summed E-state index contributed by atoms with van der Waals surface area (Å²) in [5, 5.41) is 49.1. The fourth-order valence-electron chi connectivity index (χ4n) is 1.00. The normalized spacial score (nSPS) is 9.63. The van der Waals surface area contributed by atoms with Gasteiger partial charge >= 0.3 is 35.8 Å². The summed E-state index contributed by atoms with van der Waals surface area (Å²) in [4.78, 5) is 60.3. The first-order valence-electron chi connectivity index (χ1n) is 5.64. The molecule has 0 atom stereocenters. The Morgan fingerprint density at radius 1 is 0.519 bits per heavy atom. The second-order valence-electron chi connectivity index (χ2n) is 3.77. The number of carboxylic acid groups (broad SMARTS) is 6. The molecule has 156 valence electrons. The summed E-state index contributed by atoms with van der Waals surface area (Å²) in [5.74, 6) is -8.81. The van der Waals surface area contributed by atoms with E-state index in [9.17, 15) is 28.8 Å². The molecule has 0 fully saturated rings. The Kier molecular flexibility index (Phi) is 24.8. The van der Waals surface area contributed by atoms with E-state index in [1.807, 2.05) is 0 Å². The third-order valence-corrected chi connectivity index (χ3v) is 1.83. The number of carboxylic acids is 6. The Bertz CT molecular complexity index is 569. The summed E-state index contributed by atoms with van der Waals surface area (Å²) in [6, 6.07) is 0. The van der Waals surface area contributed by atoms with Crippen LogP contribution in [0.3, 0.4) is 0 Å². The van der Waals surface area contributed by atoms with Crippen molar-refractivity contribution in [3.63, 3.8) is 0 Å². The van der Waals surface area contributed by atoms with Crippen LogP contribution < -0.4 is 0 Å². The van der Waals surface area contributed by atoms with E-state index in [0.29, 0.717) is 12.2 Å². The van der Waals surface area contributed by atoms with E-state index < -0.39 is 59.8 Å². The van der Waals surface area contributed by atoms with Crippen molar-refractivity contribution in [3.8, 4) is 0 Å². The quantitative estimate of drug-likeness (QED) is 0.171. The molecule has 0 unspecified atom stereocenters. The summed E-state index contributed by atoms with van der Waals surface area (Å²) in [7, 11) is 0. The number of rotatable bonds is 8. The maximum atomic E-state index is 10.2. The van der Waals surface area contributed by atoms with E-state index in [1.54, 1.807) is 0 Å². The number of carbonyl (C=O) groups is 6. The van der Waals surface area contributed by atoms with Gasteiger partial charge in [0.05, 0.1) is 24.0 Å². The molecule has 0 aromatic rings. The van der Waals surface area contributed by atoms with Crippen LogP contribution in [0.15, 0.2) is 23.3 Å². The van der Waals surface area contributed by atoms with Crippen molar-refractivity contribution in [2.45, 2.75) is 12.8 Å². The molecular weight excluding hydrogens is 504 g/mol. The first kappa shape index (κ1) is 35.9. The van der Waals surface area contributed by atoms with Gasteiger partial charge in [-0.2, -0.15) is 0 Å². The Labute approximate surface area is 182 Å². The maximum Gasteiger partial charge on any atom is 0.332 e. The molecule has 0 amide bonds. The Hall–Kier alpha value is -2.14. The molecule has 12 nitrogen and oxygen atoms in total. The van der Waals surface area contributed by atoms with E-state index in [1.165, 1.54) is 0 Å². The topological polar surface area (TPSA) is 224 Å². The molecule has 0 bridgehead atoms. The summed E-state index contributed by atoms with van der Waals surface area (Å²) in [5.41, 5.74) is -1.31. The average Bonchev–Trinajstić information content (AvgIpc) is 2.35. The van der Waals surface area contributed by atoms with Gasteiger partial charge in [-0.1, -0.05) is 0 Å². The number of hydrogen-bond donors (Lipinski definition) is 6. The van der Waals surface area contributed by atoms with Gasteiger partial charge in [-0.05, 0) is 0 Å². The zero-order chi connectivity index (χ0) is 19.4. The van der Waals surface area contributed by atoms with Crippen LogP contribution in [0.2, 0.25) is 0 Å². The van der Waals surface area contributed by atoms with E-state index in [2.05, 4.69) is 0 Å². The first-order valence-corrected chi connectivity index (χ1v) is 5.64.